The first-order chi connectivity index (χ1) is 8.99. The number of nitrogens with zero attached hydrogens (tertiary/aromatic N) is 1. The molecule has 1 atom stereocenters. The summed E-state index contributed by atoms with van der Waals surface area (Å²) in [6, 6.07) is 7.92. The largest absolute Gasteiger partial charge is 0.335 e. The molecule has 2 nitrogen and oxygen atoms in total. The third kappa shape index (κ3) is 3.22. The van der Waals surface area contributed by atoms with Crippen molar-refractivity contribution in [1.82, 2.24) is 4.90 Å². The molecule has 1 heterocycles. The van der Waals surface area contributed by atoms with Crippen molar-refractivity contribution in [2.45, 2.75) is 13.0 Å². The Morgan fingerprint density at radius 2 is 2.00 bits per heavy atom. The van der Waals surface area contributed by atoms with E-state index in [9.17, 15) is 9.18 Å². The monoisotopic (exact) mass is 341 g/mol. The SMILES string of the molecule is CC(c1ccc(F)cc1)N(C)C(=O)c1csc(Br)c1. The van der Waals surface area contributed by atoms with Crippen molar-refractivity contribution in [1.29, 1.82) is 0 Å². The number of hydrogen-bond donors (Lipinski definition) is 0. The molecule has 0 aliphatic rings. The minimum absolute atomic E-state index is 0.0428. The van der Waals surface area contributed by atoms with Crippen LogP contribution >= 0.6 is 27.3 Å². The summed E-state index contributed by atoms with van der Waals surface area (Å²) in [6.45, 7) is 1.92. The second-order valence-corrected chi connectivity index (χ2v) is 6.57. The van der Waals surface area contributed by atoms with Crippen molar-refractivity contribution < 1.29 is 9.18 Å². The first-order valence-electron chi connectivity index (χ1n) is 5.75. The van der Waals surface area contributed by atoms with E-state index in [1.165, 1.54) is 23.5 Å². The molecule has 1 aromatic carbocycles. The van der Waals surface area contributed by atoms with E-state index in [-0.39, 0.29) is 17.8 Å². The lowest BCUT2D eigenvalue weighted by Gasteiger charge is -2.25. The van der Waals surface area contributed by atoms with Crippen LogP contribution in [0.5, 0.6) is 0 Å². The molecule has 5 heteroatoms. The van der Waals surface area contributed by atoms with Crippen molar-refractivity contribution in [3.8, 4) is 0 Å². The summed E-state index contributed by atoms with van der Waals surface area (Å²) in [5.74, 6) is -0.314. The average Bonchev–Trinajstić information content (AvgIpc) is 2.84. The van der Waals surface area contributed by atoms with E-state index >= 15 is 0 Å². The molecule has 100 valence electrons. The normalized spacial score (nSPS) is 12.2. The van der Waals surface area contributed by atoms with Crippen molar-refractivity contribution >= 4 is 33.2 Å². The summed E-state index contributed by atoms with van der Waals surface area (Å²) >= 11 is 4.82. The van der Waals surface area contributed by atoms with Gasteiger partial charge in [-0.3, -0.25) is 4.79 Å². The highest BCUT2D eigenvalue weighted by molar-refractivity contribution is 9.11. The summed E-state index contributed by atoms with van der Waals surface area (Å²) in [6.07, 6.45) is 0. The summed E-state index contributed by atoms with van der Waals surface area (Å²) in [4.78, 5) is 13.9. The Labute approximate surface area is 124 Å². The van der Waals surface area contributed by atoms with E-state index < -0.39 is 0 Å². The van der Waals surface area contributed by atoms with Crippen LogP contribution in [-0.4, -0.2) is 17.9 Å². The summed E-state index contributed by atoms with van der Waals surface area (Å²) in [5.41, 5.74) is 1.57. The minimum atomic E-state index is -0.272. The van der Waals surface area contributed by atoms with Crippen LogP contribution in [0.15, 0.2) is 39.5 Å². The lowest BCUT2D eigenvalue weighted by Crippen LogP contribution is -2.29. The smallest absolute Gasteiger partial charge is 0.254 e. The van der Waals surface area contributed by atoms with Crippen molar-refractivity contribution in [3.05, 3.63) is 56.4 Å². The van der Waals surface area contributed by atoms with Gasteiger partial charge in [-0.2, -0.15) is 0 Å². The standard InChI is InChI=1S/C14H13BrFNOS/c1-9(10-3-5-12(16)6-4-10)17(2)14(18)11-7-13(15)19-8-11/h3-9H,1-2H3. The molecule has 1 unspecified atom stereocenters. The zero-order valence-electron chi connectivity index (χ0n) is 10.6. The van der Waals surface area contributed by atoms with Gasteiger partial charge in [0, 0.05) is 12.4 Å². The van der Waals surface area contributed by atoms with E-state index in [0.717, 1.165) is 9.35 Å². The number of carbonyl (C=O) groups excluding carboxylic acids is 1. The first-order valence-corrected chi connectivity index (χ1v) is 7.43. The summed E-state index contributed by atoms with van der Waals surface area (Å²) in [5, 5.41) is 1.82. The van der Waals surface area contributed by atoms with Gasteiger partial charge in [0.25, 0.3) is 5.91 Å². The Bertz CT molecular complexity index is 581. The maximum absolute atomic E-state index is 12.9. The second kappa shape index (κ2) is 5.84. The van der Waals surface area contributed by atoms with Crippen LogP contribution in [0.2, 0.25) is 0 Å². The molecule has 1 amide bonds. The Morgan fingerprint density at radius 1 is 1.37 bits per heavy atom. The molecule has 0 bridgehead atoms. The Balaban J connectivity index is 2.16. The Hall–Kier alpha value is -1.20. The molecule has 2 aromatic rings. The van der Waals surface area contributed by atoms with Crippen molar-refractivity contribution in [2.24, 2.45) is 0 Å². The number of rotatable bonds is 3. The number of amides is 1. The summed E-state index contributed by atoms with van der Waals surface area (Å²) in [7, 11) is 1.75. The minimum Gasteiger partial charge on any atom is -0.335 e. The fourth-order valence-electron chi connectivity index (χ4n) is 1.77. The molecule has 0 saturated carbocycles. The fraction of sp³-hybridized carbons (Fsp3) is 0.214. The van der Waals surface area contributed by atoms with Gasteiger partial charge in [-0.25, -0.2) is 4.39 Å². The third-order valence-corrected chi connectivity index (χ3v) is 4.57. The average molecular weight is 342 g/mol. The molecule has 0 aliphatic carbocycles. The van der Waals surface area contributed by atoms with Crippen LogP contribution in [0.1, 0.15) is 28.9 Å². The van der Waals surface area contributed by atoms with Crippen LogP contribution in [0, 0.1) is 5.82 Å². The van der Waals surface area contributed by atoms with Crippen LogP contribution in [-0.2, 0) is 0 Å². The molecule has 0 saturated heterocycles. The lowest BCUT2D eigenvalue weighted by molar-refractivity contribution is 0.0743. The third-order valence-electron chi connectivity index (χ3n) is 3.07. The van der Waals surface area contributed by atoms with E-state index in [0.29, 0.717) is 5.56 Å². The van der Waals surface area contributed by atoms with Gasteiger partial charge in [0.2, 0.25) is 0 Å². The Morgan fingerprint density at radius 3 is 2.53 bits per heavy atom. The highest BCUT2D eigenvalue weighted by Gasteiger charge is 2.19. The number of hydrogen-bond acceptors (Lipinski definition) is 2. The van der Waals surface area contributed by atoms with E-state index in [4.69, 9.17) is 0 Å². The van der Waals surface area contributed by atoms with E-state index in [1.807, 2.05) is 12.3 Å². The van der Waals surface area contributed by atoms with Gasteiger partial charge in [0.1, 0.15) is 5.82 Å². The maximum atomic E-state index is 12.9. The molecule has 0 radical (unpaired) electrons. The zero-order chi connectivity index (χ0) is 14.0. The van der Waals surface area contributed by atoms with Gasteiger partial charge in [-0.15, -0.1) is 11.3 Å². The highest BCUT2D eigenvalue weighted by atomic mass is 79.9. The van der Waals surface area contributed by atoms with E-state index in [1.54, 1.807) is 30.1 Å². The zero-order valence-corrected chi connectivity index (χ0v) is 13.0. The van der Waals surface area contributed by atoms with Gasteiger partial charge in [-0.05, 0) is 46.6 Å². The first kappa shape index (κ1) is 14.2. The predicted molar refractivity (Wildman–Crippen MR) is 78.9 cm³/mol. The molecule has 0 aliphatic heterocycles. The number of halogens is 2. The van der Waals surface area contributed by atoms with Crippen molar-refractivity contribution in [2.75, 3.05) is 7.05 Å². The van der Waals surface area contributed by atoms with Gasteiger partial charge in [-0.1, -0.05) is 12.1 Å². The molecule has 1 aromatic heterocycles. The molecular weight excluding hydrogens is 329 g/mol. The number of carbonyl (C=O) groups is 1. The predicted octanol–water partition coefficient (Wildman–Crippen LogP) is 4.48. The topological polar surface area (TPSA) is 20.3 Å². The van der Waals surface area contributed by atoms with Crippen LogP contribution in [0.25, 0.3) is 0 Å². The number of benzene rings is 1. The summed E-state index contributed by atoms with van der Waals surface area (Å²) < 4.78 is 13.8. The molecule has 0 fully saturated rings. The van der Waals surface area contributed by atoms with E-state index in [2.05, 4.69) is 15.9 Å². The molecular formula is C14H13BrFNOS. The maximum Gasteiger partial charge on any atom is 0.254 e. The molecule has 0 N–H and O–H groups in total. The van der Waals surface area contributed by atoms with Gasteiger partial charge < -0.3 is 4.90 Å². The van der Waals surface area contributed by atoms with Crippen LogP contribution in [0.3, 0.4) is 0 Å². The van der Waals surface area contributed by atoms with Crippen molar-refractivity contribution in [3.63, 3.8) is 0 Å². The Kier molecular flexibility index (Phi) is 4.37. The second-order valence-electron chi connectivity index (χ2n) is 4.28. The number of thiophene rings is 1. The lowest BCUT2D eigenvalue weighted by atomic mass is 10.1. The quantitative estimate of drug-likeness (QED) is 0.805. The fourth-order valence-corrected chi connectivity index (χ4v) is 2.90. The van der Waals surface area contributed by atoms with Gasteiger partial charge >= 0.3 is 0 Å². The molecule has 2 rings (SSSR count). The van der Waals surface area contributed by atoms with Gasteiger partial charge in [0.15, 0.2) is 0 Å². The van der Waals surface area contributed by atoms with Gasteiger partial charge in [0.05, 0.1) is 15.4 Å². The van der Waals surface area contributed by atoms with Crippen LogP contribution < -0.4 is 0 Å². The molecule has 19 heavy (non-hydrogen) atoms. The highest BCUT2D eigenvalue weighted by Crippen LogP contribution is 2.25. The van der Waals surface area contributed by atoms with Crippen LogP contribution in [0.4, 0.5) is 4.39 Å². The molecule has 0 spiro atoms.